The molecule has 0 unspecified atom stereocenters. The highest BCUT2D eigenvalue weighted by Crippen LogP contribution is 2.37. The molecule has 0 fully saturated rings. The maximum Gasteiger partial charge on any atom is 0.184 e. The highest BCUT2D eigenvalue weighted by molar-refractivity contribution is 7.18. The van der Waals surface area contributed by atoms with E-state index in [2.05, 4.69) is 4.98 Å². The molecule has 0 bridgehead atoms. The van der Waals surface area contributed by atoms with E-state index in [-0.39, 0.29) is 11.6 Å². The Morgan fingerprint density at radius 1 is 1.27 bits per heavy atom. The van der Waals surface area contributed by atoms with Crippen LogP contribution in [0.5, 0.6) is 11.5 Å². The number of fused-ring (bicyclic) bond motifs is 1. The van der Waals surface area contributed by atoms with Gasteiger partial charge < -0.3 is 9.47 Å². The maximum absolute atomic E-state index is 13.8. The van der Waals surface area contributed by atoms with Crippen LogP contribution in [0, 0.1) is 12.7 Å². The maximum atomic E-state index is 13.8. The molecule has 0 saturated carbocycles. The molecule has 0 amide bonds. The fourth-order valence-corrected chi connectivity index (χ4v) is 2.28. The molecule has 15 heavy (non-hydrogen) atoms. The Balaban J connectivity index is 2.83. The van der Waals surface area contributed by atoms with Crippen molar-refractivity contribution in [3.63, 3.8) is 0 Å². The van der Waals surface area contributed by atoms with Crippen LogP contribution in [0.15, 0.2) is 6.07 Å². The van der Waals surface area contributed by atoms with Gasteiger partial charge >= 0.3 is 0 Å². The van der Waals surface area contributed by atoms with E-state index in [1.807, 2.05) is 6.92 Å². The molecular formula is C10H10FNO2S. The lowest BCUT2D eigenvalue weighted by Gasteiger charge is -2.05. The molecule has 2 aromatic rings. The number of aromatic nitrogens is 1. The fourth-order valence-electron chi connectivity index (χ4n) is 1.41. The van der Waals surface area contributed by atoms with Crippen molar-refractivity contribution in [1.29, 1.82) is 0 Å². The summed E-state index contributed by atoms with van der Waals surface area (Å²) in [7, 11) is 2.96. The van der Waals surface area contributed by atoms with Crippen LogP contribution < -0.4 is 9.47 Å². The zero-order valence-electron chi connectivity index (χ0n) is 8.63. The van der Waals surface area contributed by atoms with Crippen LogP contribution in [0.1, 0.15) is 5.01 Å². The van der Waals surface area contributed by atoms with Gasteiger partial charge in [0.1, 0.15) is 11.3 Å². The molecule has 0 aliphatic carbocycles. The van der Waals surface area contributed by atoms with E-state index in [0.717, 1.165) is 5.01 Å². The minimum Gasteiger partial charge on any atom is -0.494 e. The van der Waals surface area contributed by atoms with Crippen LogP contribution in [-0.4, -0.2) is 19.2 Å². The van der Waals surface area contributed by atoms with Crippen molar-refractivity contribution < 1.29 is 13.9 Å². The number of hydrogen-bond acceptors (Lipinski definition) is 4. The molecule has 80 valence electrons. The third kappa shape index (κ3) is 1.52. The van der Waals surface area contributed by atoms with E-state index >= 15 is 0 Å². The molecule has 5 heteroatoms. The normalized spacial score (nSPS) is 10.7. The lowest BCUT2D eigenvalue weighted by Crippen LogP contribution is -1.92. The third-order valence-electron chi connectivity index (χ3n) is 2.09. The van der Waals surface area contributed by atoms with E-state index in [4.69, 9.17) is 9.47 Å². The van der Waals surface area contributed by atoms with Gasteiger partial charge in [-0.1, -0.05) is 0 Å². The van der Waals surface area contributed by atoms with E-state index in [1.54, 1.807) is 0 Å². The van der Waals surface area contributed by atoms with Crippen molar-refractivity contribution in [2.75, 3.05) is 14.2 Å². The number of ether oxygens (including phenoxy) is 2. The van der Waals surface area contributed by atoms with Crippen molar-refractivity contribution in [1.82, 2.24) is 4.98 Å². The van der Waals surface area contributed by atoms with E-state index in [1.165, 1.54) is 31.6 Å². The molecule has 1 heterocycles. The van der Waals surface area contributed by atoms with Gasteiger partial charge in [-0.05, 0) is 6.92 Å². The Kier molecular flexibility index (Phi) is 2.48. The van der Waals surface area contributed by atoms with Crippen LogP contribution in [-0.2, 0) is 0 Å². The van der Waals surface area contributed by atoms with Gasteiger partial charge in [-0.25, -0.2) is 9.37 Å². The monoisotopic (exact) mass is 227 g/mol. The fraction of sp³-hybridized carbons (Fsp3) is 0.300. The Hall–Kier alpha value is -1.36. The zero-order chi connectivity index (χ0) is 11.0. The van der Waals surface area contributed by atoms with Gasteiger partial charge in [0.2, 0.25) is 0 Å². The van der Waals surface area contributed by atoms with E-state index < -0.39 is 0 Å². The van der Waals surface area contributed by atoms with Crippen LogP contribution in [0.25, 0.3) is 10.2 Å². The third-order valence-corrected chi connectivity index (χ3v) is 3.05. The summed E-state index contributed by atoms with van der Waals surface area (Å²) in [6.45, 7) is 1.83. The largest absolute Gasteiger partial charge is 0.494 e. The second kappa shape index (κ2) is 3.66. The van der Waals surface area contributed by atoms with Crippen molar-refractivity contribution in [2.24, 2.45) is 0 Å². The van der Waals surface area contributed by atoms with E-state index in [9.17, 15) is 4.39 Å². The predicted molar refractivity (Wildman–Crippen MR) is 57.4 cm³/mol. The second-order valence-electron chi connectivity index (χ2n) is 3.01. The number of benzene rings is 1. The summed E-state index contributed by atoms with van der Waals surface area (Å²) in [6.07, 6.45) is 0. The first kappa shape index (κ1) is 10.2. The molecule has 0 N–H and O–H groups in total. The average molecular weight is 227 g/mol. The smallest absolute Gasteiger partial charge is 0.184 e. The summed E-state index contributed by atoms with van der Waals surface area (Å²) < 4.78 is 24.3. The summed E-state index contributed by atoms with van der Waals surface area (Å²) in [6, 6.07) is 1.51. The molecule has 0 aliphatic heterocycles. The number of methoxy groups -OCH3 is 2. The molecule has 3 nitrogen and oxygen atoms in total. The Labute approximate surface area is 90.5 Å². The second-order valence-corrected chi connectivity index (χ2v) is 4.21. The molecule has 0 saturated heterocycles. The van der Waals surface area contributed by atoms with Gasteiger partial charge in [-0.15, -0.1) is 11.3 Å². The minimum atomic E-state index is -0.376. The standard InChI is InChI=1S/C10H10FNO2S/c1-5-12-9-7(14-3)4-6(13-2)8(11)10(9)15-5/h4H,1-3H3. The predicted octanol–water partition coefficient (Wildman–Crippen LogP) is 2.76. The summed E-state index contributed by atoms with van der Waals surface area (Å²) in [5.74, 6) is 0.342. The van der Waals surface area contributed by atoms with Gasteiger partial charge in [0.25, 0.3) is 0 Å². The summed E-state index contributed by atoms with van der Waals surface area (Å²) in [5, 5.41) is 0.801. The van der Waals surface area contributed by atoms with Gasteiger partial charge in [-0.3, -0.25) is 0 Å². The quantitative estimate of drug-likeness (QED) is 0.790. The van der Waals surface area contributed by atoms with Gasteiger partial charge in [0.05, 0.1) is 23.9 Å². The number of nitrogens with zero attached hydrogens (tertiary/aromatic N) is 1. The van der Waals surface area contributed by atoms with Crippen molar-refractivity contribution in [3.8, 4) is 11.5 Å². The lowest BCUT2D eigenvalue weighted by atomic mass is 10.3. The molecule has 0 radical (unpaired) electrons. The van der Waals surface area contributed by atoms with Crippen LogP contribution in [0.4, 0.5) is 4.39 Å². The minimum absolute atomic E-state index is 0.183. The van der Waals surface area contributed by atoms with Crippen molar-refractivity contribution >= 4 is 21.6 Å². The zero-order valence-corrected chi connectivity index (χ0v) is 9.44. The molecule has 2 rings (SSSR count). The SMILES string of the molecule is COc1cc(OC)c2nc(C)sc2c1F. The molecule has 0 aliphatic rings. The first-order valence-electron chi connectivity index (χ1n) is 4.35. The topological polar surface area (TPSA) is 31.4 Å². The van der Waals surface area contributed by atoms with Crippen LogP contribution in [0.2, 0.25) is 0 Å². The Morgan fingerprint density at radius 2 is 1.93 bits per heavy atom. The van der Waals surface area contributed by atoms with Gasteiger partial charge in [-0.2, -0.15) is 0 Å². The number of rotatable bonds is 2. The molecular weight excluding hydrogens is 217 g/mol. The highest BCUT2D eigenvalue weighted by atomic mass is 32.1. The average Bonchev–Trinajstić information content (AvgIpc) is 2.61. The Morgan fingerprint density at radius 3 is 2.53 bits per heavy atom. The summed E-state index contributed by atoms with van der Waals surface area (Å²) in [5.41, 5.74) is 0.554. The molecule has 1 aromatic heterocycles. The molecule has 0 atom stereocenters. The number of thiazole rings is 1. The first-order chi connectivity index (χ1) is 7.17. The van der Waals surface area contributed by atoms with Crippen LogP contribution in [0.3, 0.4) is 0 Å². The summed E-state index contributed by atoms with van der Waals surface area (Å²) in [4.78, 5) is 4.22. The number of aryl methyl sites for hydroxylation is 1. The Bertz CT molecular complexity index is 510. The van der Waals surface area contributed by atoms with Gasteiger partial charge in [0.15, 0.2) is 11.6 Å². The van der Waals surface area contributed by atoms with Crippen LogP contribution >= 0.6 is 11.3 Å². The number of hydrogen-bond donors (Lipinski definition) is 0. The summed E-state index contributed by atoms with van der Waals surface area (Å²) >= 11 is 1.29. The lowest BCUT2D eigenvalue weighted by molar-refractivity contribution is 0.378. The first-order valence-corrected chi connectivity index (χ1v) is 5.16. The van der Waals surface area contributed by atoms with E-state index in [0.29, 0.717) is 16.0 Å². The van der Waals surface area contributed by atoms with Crippen molar-refractivity contribution in [2.45, 2.75) is 6.92 Å². The highest BCUT2D eigenvalue weighted by Gasteiger charge is 2.16. The molecule has 0 spiro atoms. The van der Waals surface area contributed by atoms with Gasteiger partial charge in [0, 0.05) is 6.07 Å². The number of halogens is 1. The molecule has 1 aromatic carbocycles. The van der Waals surface area contributed by atoms with Crippen molar-refractivity contribution in [3.05, 3.63) is 16.9 Å².